The van der Waals surface area contributed by atoms with E-state index in [1.807, 2.05) is 0 Å². The van der Waals surface area contributed by atoms with Crippen molar-refractivity contribution < 1.29 is 9.47 Å². The molecule has 1 heterocycles. The number of hydrogen-bond acceptors (Lipinski definition) is 6. The van der Waals surface area contributed by atoms with Gasteiger partial charge in [-0.05, 0) is 6.42 Å². The fourth-order valence-corrected chi connectivity index (χ4v) is 3.07. The number of aromatic nitrogens is 1. The van der Waals surface area contributed by atoms with Crippen LogP contribution in [-0.2, 0) is 22.4 Å². The fourth-order valence-electron chi connectivity index (χ4n) is 1.92. The van der Waals surface area contributed by atoms with Crippen LogP contribution in [0.5, 0.6) is 0 Å². The molecule has 0 aliphatic carbocycles. The highest BCUT2D eigenvalue weighted by Crippen LogP contribution is 2.27. The zero-order chi connectivity index (χ0) is 15.7. The summed E-state index contributed by atoms with van der Waals surface area (Å²) in [5, 5.41) is 4.55. The van der Waals surface area contributed by atoms with Gasteiger partial charge in [0.2, 0.25) is 0 Å². The quantitative estimate of drug-likeness (QED) is 0.679. The van der Waals surface area contributed by atoms with Crippen molar-refractivity contribution in [3.8, 4) is 0 Å². The van der Waals surface area contributed by atoms with Crippen LogP contribution < -0.4 is 10.2 Å². The van der Waals surface area contributed by atoms with Gasteiger partial charge in [0, 0.05) is 44.8 Å². The lowest BCUT2D eigenvalue weighted by molar-refractivity contribution is 0.190. The molecule has 0 amide bonds. The first-order chi connectivity index (χ1) is 10.1. The molecule has 0 spiro atoms. The molecule has 0 atom stereocenters. The maximum absolute atomic E-state index is 5.20. The summed E-state index contributed by atoms with van der Waals surface area (Å²) in [6.07, 6.45) is 0.966. The van der Waals surface area contributed by atoms with E-state index in [1.54, 1.807) is 25.6 Å². The minimum atomic E-state index is 0.485. The van der Waals surface area contributed by atoms with E-state index >= 15 is 0 Å². The molecule has 0 radical (unpaired) electrons. The van der Waals surface area contributed by atoms with Crippen LogP contribution in [-0.4, -0.2) is 51.5 Å². The first-order valence-corrected chi connectivity index (χ1v) is 8.38. The van der Waals surface area contributed by atoms with Gasteiger partial charge in [-0.15, -0.1) is 11.3 Å². The lowest BCUT2D eigenvalue weighted by Crippen LogP contribution is -2.30. The Balaban J connectivity index is 2.80. The minimum absolute atomic E-state index is 0.485. The summed E-state index contributed by atoms with van der Waals surface area (Å²) in [6.45, 7) is 10.5. The molecule has 0 aliphatic rings. The summed E-state index contributed by atoms with van der Waals surface area (Å²) in [6, 6.07) is 0.485. The lowest BCUT2D eigenvalue weighted by Gasteiger charge is -2.20. The summed E-state index contributed by atoms with van der Waals surface area (Å²) in [5.74, 6) is 0. The van der Waals surface area contributed by atoms with Gasteiger partial charge >= 0.3 is 0 Å². The number of nitrogens with zero attached hydrogens (tertiary/aromatic N) is 2. The largest absolute Gasteiger partial charge is 0.383 e. The normalized spacial score (nSPS) is 11.3. The number of anilines is 1. The summed E-state index contributed by atoms with van der Waals surface area (Å²) < 4.78 is 10.4. The molecule has 0 fully saturated rings. The van der Waals surface area contributed by atoms with Crippen molar-refractivity contribution in [3.63, 3.8) is 0 Å². The molecular formula is C15H29N3O2S. The molecule has 0 aromatic carbocycles. The van der Waals surface area contributed by atoms with E-state index in [-0.39, 0.29) is 0 Å². The van der Waals surface area contributed by atoms with E-state index in [0.29, 0.717) is 19.3 Å². The predicted octanol–water partition coefficient (Wildman–Crippen LogP) is 2.30. The Bertz CT molecular complexity index is 388. The van der Waals surface area contributed by atoms with Crippen LogP contribution in [0.25, 0.3) is 0 Å². The highest BCUT2D eigenvalue weighted by Gasteiger charge is 2.15. The second-order valence-electron chi connectivity index (χ2n) is 5.23. The maximum atomic E-state index is 5.20. The van der Waals surface area contributed by atoms with Crippen LogP contribution in [0.3, 0.4) is 0 Å². The van der Waals surface area contributed by atoms with E-state index in [4.69, 9.17) is 14.5 Å². The average molecular weight is 315 g/mol. The van der Waals surface area contributed by atoms with Crippen molar-refractivity contribution in [2.75, 3.05) is 45.4 Å². The third-order valence-electron chi connectivity index (χ3n) is 3.17. The third kappa shape index (κ3) is 6.30. The molecule has 1 rings (SSSR count). The van der Waals surface area contributed by atoms with E-state index in [0.717, 1.165) is 31.2 Å². The number of ether oxygens (including phenoxy) is 2. The van der Waals surface area contributed by atoms with Crippen LogP contribution in [0.15, 0.2) is 0 Å². The van der Waals surface area contributed by atoms with Gasteiger partial charge in [0.25, 0.3) is 0 Å². The van der Waals surface area contributed by atoms with Crippen molar-refractivity contribution in [1.82, 2.24) is 10.3 Å². The molecular weight excluding hydrogens is 286 g/mol. The second-order valence-corrected chi connectivity index (χ2v) is 6.29. The Labute approximate surface area is 132 Å². The van der Waals surface area contributed by atoms with E-state index in [1.165, 1.54) is 10.6 Å². The summed E-state index contributed by atoms with van der Waals surface area (Å²) in [7, 11) is 3.46. The Morgan fingerprint density at radius 1 is 1.19 bits per heavy atom. The Kier molecular flexibility index (Phi) is 8.84. The van der Waals surface area contributed by atoms with Gasteiger partial charge in [-0.25, -0.2) is 4.98 Å². The van der Waals surface area contributed by atoms with Crippen LogP contribution in [0, 0.1) is 0 Å². The maximum Gasteiger partial charge on any atom is 0.185 e. The number of hydrogen-bond donors (Lipinski definition) is 1. The van der Waals surface area contributed by atoms with Gasteiger partial charge in [-0.2, -0.15) is 0 Å². The zero-order valence-electron chi connectivity index (χ0n) is 13.9. The van der Waals surface area contributed by atoms with E-state index < -0.39 is 0 Å². The SMILES string of the molecule is CCc1nc(N(CCOC)CCOC)sc1CNC(C)C. The molecule has 0 saturated carbocycles. The molecule has 5 nitrogen and oxygen atoms in total. The summed E-state index contributed by atoms with van der Waals surface area (Å²) in [5.41, 5.74) is 1.20. The first kappa shape index (κ1) is 18.4. The molecule has 1 N–H and O–H groups in total. The summed E-state index contributed by atoms with van der Waals surface area (Å²) in [4.78, 5) is 8.39. The topological polar surface area (TPSA) is 46.6 Å². The number of methoxy groups -OCH3 is 2. The Hall–Kier alpha value is -0.690. The number of nitrogens with one attached hydrogen (secondary N) is 1. The average Bonchev–Trinajstić information content (AvgIpc) is 2.88. The van der Waals surface area contributed by atoms with Gasteiger partial charge in [-0.3, -0.25) is 0 Å². The first-order valence-electron chi connectivity index (χ1n) is 7.57. The van der Waals surface area contributed by atoms with Crippen LogP contribution in [0.4, 0.5) is 5.13 Å². The van der Waals surface area contributed by atoms with Crippen molar-refractivity contribution in [3.05, 3.63) is 10.6 Å². The Morgan fingerprint density at radius 2 is 1.81 bits per heavy atom. The van der Waals surface area contributed by atoms with Crippen LogP contribution >= 0.6 is 11.3 Å². The third-order valence-corrected chi connectivity index (χ3v) is 4.33. The molecule has 0 bridgehead atoms. The van der Waals surface area contributed by atoms with Crippen molar-refractivity contribution >= 4 is 16.5 Å². The molecule has 122 valence electrons. The van der Waals surface area contributed by atoms with Gasteiger partial charge < -0.3 is 19.7 Å². The molecule has 0 saturated heterocycles. The number of rotatable bonds is 11. The second kappa shape index (κ2) is 10.1. The van der Waals surface area contributed by atoms with E-state index in [2.05, 4.69) is 31.0 Å². The lowest BCUT2D eigenvalue weighted by atomic mass is 10.3. The van der Waals surface area contributed by atoms with Gasteiger partial charge in [0.05, 0.1) is 18.9 Å². The molecule has 1 aromatic rings. The van der Waals surface area contributed by atoms with Crippen LogP contribution in [0.2, 0.25) is 0 Å². The monoisotopic (exact) mass is 315 g/mol. The minimum Gasteiger partial charge on any atom is -0.383 e. The number of thiazole rings is 1. The fraction of sp³-hybridized carbons (Fsp3) is 0.800. The van der Waals surface area contributed by atoms with Crippen molar-refractivity contribution in [1.29, 1.82) is 0 Å². The van der Waals surface area contributed by atoms with Gasteiger partial charge in [-0.1, -0.05) is 20.8 Å². The van der Waals surface area contributed by atoms with Crippen molar-refractivity contribution in [2.45, 2.75) is 39.8 Å². The highest BCUT2D eigenvalue weighted by molar-refractivity contribution is 7.15. The van der Waals surface area contributed by atoms with Gasteiger partial charge in [0.1, 0.15) is 0 Å². The van der Waals surface area contributed by atoms with Gasteiger partial charge in [0.15, 0.2) is 5.13 Å². The molecule has 21 heavy (non-hydrogen) atoms. The zero-order valence-corrected chi connectivity index (χ0v) is 14.8. The highest BCUT2D eigenvalue weighted by atomic mass is 32.1. The molecule has 1 aromatic heterocycles. The smallest absolute Gasteiger partial charge is 0.185 e. The van der Waals surface area contributed by atoms with Crippen molar-refractivity contribution in [2.24, 2.45) is 0 Å². The molecule has 6 heteroatoms. The van der Waals surface area contributed by atoms with E-state index in [9.17, 15) is 0 Å². The standard InChI is InChI=1S/C15H29N3O2S/c1-6-13-14(11-16-12(2)3)21-15(17-13)18(7-9-19-4)8-10-20-5/h12,16H,6-11H2,1-5H3. The Morgan fingerprint density at radius 3 is 2.29 bits per heavy atom. The summed E-state index contributed by atoms with van der Waals surface area (Å²) >= 11 is 1.78. The number of aryl methyl sites for hydroxylation is 1. The predicted molar refractivity (Wildman–Crippen MR) is 89.4 cm³/mol. The molecule has 0 unspecified atom stereocenters. The molecule has 0 aliphatic heterocycles. The van der Waals surface area contributed by atoms with Crippen LogP contribution in [0.1, 0.15) is 31.3 Å².